The smallest absolute Gasteiger partial charge is 0.243 e. The SMILES string of the molecule is CCc1ccc(NC(=S)N2CCN(S(=O)(=O)c3ccc(F)cc3)CC2)cc1. The van der Waals surface area contributed by atoms with E-state index in [-0.39, 0.29) is 4.90 Å². The lowest BCUT2D eigenvalue weighted by molar-refractivity contribution is 0.268. The molecule has 2 aromatic carbocycles. The van der Waals surface area contributed by atoms with Gasteiger partial charge in [0.05, 0.1) is 4.90 Å². The van der Waals surface area contributed by atoms with Crippen LogP contribution in [0.25, 0.3) is 0 Å². The van der Waals surface area contributed by atoms with Crippen molar-refractivity contribution in [3.8, 4) is 0 Å². The van der Waals surface area contributed by atoms with Crippen LogP contribution in [0.4, 0.5) is 10.1 Å². The van der Waals surface area contributed by atoms with Gasteiger partial charge in [0.2, 0.25) is 10.0 Å². The first-order chi connectivity index (χ1) is 12.9. The van der Waals surface area contributed by atoms with Gasteiger partial charge in [-0.2, -0.15) is 4.31 Å². The minimum absolute atomic E-state index is 0.106. The van der Waals surface area contributed by atoms with Gasteiger partial charge in [0.1, 0.15) is 5.82 Å². The summed E-state index contributed by atoms with van der Waals surface area (Å²) in [4.78, 5) is 2.06. The van der Waals surface area contributed by atoms with E-state index in [4.69, 9.17) is 12.2 Å². The summed E-state index contributed by atoms with van der Waals surface area (Å²) in [6, 6.07) is 13.0. The van der Waals surface area contributed by atoms with Crippen molar-refractivity contribution in [2.45, 2.75) is 18.2 Å². The van der Waals surface area contributed by atoms with Crippen molar-refractivity contribution in [2.24, 2.45) is 0 Å². The number of sulfonamides is 1. The van der Waals surface area contributed by atoms with E-state index in [9.17, 15) is 12.8 Å². The Morgan fingerprint density at radius 2 is 1.63 bits per heavy atom. The van der Waals surface area contributed by atoms with Crippen molar-refractivity contribution in [1.29, 1.82) is 0 Å². The van der Waals surface area contributed by atoms with Crippen LogP contribution >= 0.6 is 12.2 Å². The number of thiocarbonyl (C=S) groups is 1. The zero-order valence-electron chi connectivity index (χ0n) is 15.1. The lowest BCUT2D eigenvalue weighted by Gasteiger charge is -2.35. The van der Waals surface area contributed by atoms with Gasteiger partial charge in [-0.05, 0) is 60.6 Å². The second-order valence-electron chi connectivity index (χ2n) is 6.33. The summed E-state index contributed by atoms with van der Waals surface area (Å²) >= 11 is 5.46. The predicted molar refractivity (Wildman–Crippen MR) is 109 cm³/mol. The number of rotatable bonds is 4. The summed E-state index contributed by atoms with van der Waals surface area (Å²) in [6.07, 6.45) is 0.981. The molecule has 1 heterocycles. The molecule has 0 aliphatic carbocycles. The van der Waals surface area contributed by atoms with Crippen LogP contribution in [0.2, 0.25) is 0 Å². The molecule has 5 nitrogen and oxygen atoms in total. The first-order valence-electron chi connectivity index (χ1n) is 8.81. The highest BCUT2D eigenvalue weighted by Crippen LogP contribution is 2.19. The number of benzene rings is 2. The molecular formula is C19H22FN3O2S2. The maximum atomic E-state index is 13.0. The van der Waals surface area contributed by atoms with Crippen LogP contribution in [0.5, 0.6) is 0 Å². The number of nitrogens with zero attached hydrogens (tertiary/aromatic N) is 2. The van der Waals surface area contributed by atoms with E-state index in [1.54, 1.807) is 0 Å². The van der Waals surface area contributed by atoms with Gasteiger partial charge >= 0.3 is 0 Å². The van der Waals surface area contributed by atoms with Gasteiger partial charge in [0, 0.05) is 31.9 Å². The summed E-state index contributed by atoms with van der Waals surface area (Å²) in [7, 11) is -3.62. The second kappa shape index (κ2) is 8.33. The molecule has 0 unspecified atom stereocenters. The number of hydrogen-bond donors (Lipinski definition) is 1. The number of halogens is 1. The first kappa shape index (κ1) is 19.7. The van der Waals surface area contributed by atoms with E-state index in [1.807, 2.05) is 17.0 Å². The van der Waals surface area contributed by atoms with Gasteiger partial charge in [-0.1, -0.05) is 19.1 Å². The maximum absolute atomic E-state index is 13.0. The Kier molecular flexibility index (Phi) is 6.08. The Hall–Kier alpha value is -2.03. The summed E-state index contributed by atoms with van der Waals surface area (Å²) < 4.78 is 39.8. The van der Waals surface area contributed by atoms with Crippen molar-refractivity contribution in [1.82, 2.24) is 9.21 Å². The highest BCUT2D eigenvalue weighted by molar-refractivity contribution is 7.89. The molecule has 0 saturated carbocycles. The number of aryl methyl sites for hydroxylation is 1. The fourth-order valence-electron chi connectivity index (χ4n) is 2.91. The van der Waals surface area contributed by atoms with E-state index < -0.39 is 15.8 Å². The Balaban J connectivity index is 1.59. The highest BCUT2D eigenvalue weighted by Gasteiger charge is 2.29. The van der Waals surface area contributed by atoms with Crippen LogP contribution in [0.15, 0.2) is 53.4 Å². The number of piperazine rings is 1. The lowest BCUT2D eigenvalue weighted by Crippen LogP contribution is -2.51. The Morgan fingerprint density at radius 1 is 1.04 bits per heavy atom. The van der Waals surface area contributed by atoms with E-state index in [0.29, 0.717) is 31.3 Å². The van der Waals surface area contributed by atoms with Crippen LogP contribution in [-0.2, 0) is 16.4 Å². The maximum Gasteiger partial charge on any atom is 0.243 e. The van der Waals surface area contributed by atoms with Gasteiger partial charge in [-0.25, -0.2) is 12.8 Å². The quantitative estimate of drug-likeness (QED) is 0.790. The zero-order chi connectivity index (χ0) is 19.4. The normalized spacial score (nSPS) is 15.6. The third kappa shape index (κ3) is 4.63. The fourth-order valence-corrected chi connectivity index (χ4v) is 4.64. The molecule has 0 spiro atoms. The molecule has 3 rings (SSSR count). The van der Waals surface area contributed by atoms with Crippen molar-refractivity contribution in [2.75, 3.05) is 31.5 Å². The number of anilines is 1. The molecule has 0 radical (unpaired) electrons. The van der Waals surface area contributed by atoms with E-state index >= 15 is 0 Å². The molecule has 1 saturated heterocycles. The van der Waals surface area contributed by atoms with Crippen LogP contribution in [-0.4, -0.2) is 48.9 Å². The first-order valence-corrected chi connectivity index (χ1v) is 10.7. The van der Waals surface area contributed by atoms with Gasteiger partial charge in [-0.15, -0.1) is 0 Å². The third-order valence-electron chi connectivity index (χ3n) is 4.59. The lowest BCUT2D eigenvalue weighted by atomic mass is 10.1. The van der Waals surface area contributed by atoms with Gasteiger partial charge in [0.25, 0.3) is 0 Å². The van der Waals surface area contributed by atoms with Crippen LogP contribution in [0.1, 0.15) is 12.5 Å². The van der Waals surface area contributed by atoms with Crippen LogP contribution in [0, 0.1) is 5.82 Å². The molecule has 27 heavy (non-hydrogen) atoms. The minimum Gasteiger partial charge on any atom is -0.346 e. The van der Waals surface area contributed by atoms with Crippen molar-refractivity contribution in [3.63, 3.8) is 0 Å². The Bertz CT molecular complexity index is 892. The van der Waals surface area contributed by atoms with Gasteiger partial charge < -0.3 is 10.2 Å². The molecule has 8 heteroatoms. The molecule has 1 aliphatic rings. The summed E-state index contributed by atoms with van der Waals surface area (Å²) in [6.45, 7) is 3.76. The van der Waals surface area contributed by atoms with Crippen molar-refractivity contribution >= 4 is 33.0 Å². The van der Waals surface area contributed by atoms with Gasteiger partial charge in [-0.3, -0.25) is 0 Å². The fraction of sp³-hybridized carbons (Fsp3) is 0.316. The number of nitrogens with one attached hydrogen (secondary N) is 1. The minimum atomic E-state index is -3.62. The summed E-state index contributed by atoms with van der Waals surface area (Å²) in [5.74, 6) is -0.456. The molecule has 1 fully saturated rings. The molecule has 2 aromatic rings. The van der Waals surface area contributed by atoms with E-state index in [2.05, 4.69) is 24.4 Å². The Morgan fingerprint density at radius 3 is 2.19 bits per heavy atom. The van der Waals surface area contributed by atoms with E-state index in [0.717, 1.165) is 24.2 Å². The Labute approximate surface area is 164 Å². The zero-order valence-corrected chi connectivity index (χ0v) is 16.7. The molecule has 144 valence electrons. The molecule has 0 amide bonds. The largest absolute Gasteiger partial charge is 0.346 e. The predicted octanol–water partition coefficient (Wildman–Crippen LogP) is 3.09. The number of hydrogen-bond acceptors (Lipinski definition) is 3. The summed E-state index contributed by atoms with van der Waals surface area (Å²) in [5.41, 5.74) is 2.17. The van der Waals surface area contributed by atoms with Crippen LogP contribution < -0.4 is 5.32 Å². The molecule has 0 aromatic heterocycles. The molecule has 0 atom stereocenters. The van der Waals surface area contributed by atoms with Crippen LogP contribution in [0.3, 0.4) is 0 Å². The molecule has 1 N–H and O–H groups in total. The topological polar surface area (TPSA) is 52.6 Å². The standard InChI is InChI=1S/C19H22FN3O2S2/c1-2-15-3-7-17(8-4-15)21-19(26)22-11-13-23(14-12-22)27(24,25)18-9-5-16(20)6-10-18/h3-10H,2,11-14H2,1H3,(H,21,26). The molecular weight excluding hydrogens is 385 g/mol. The van der Waals surface area contributed by atoms with Gasteiger partial charge in [0.15, 0.2) is 5.11 Å². The monoisotopic (exact) mass is 407 g/mol. The average molecular weight is 408 g/mol. The second-order valence-corrected chi connectivity index (χ2v) is 8.65. The van der Waals surface area contributed by atoms with Crippen molar-refractivity contribution in [3.05, 3.63) is 59.9 Å². The van der Waals surface area contributed by atoms with E-state index in [1.165, 1.54) is 22.0 Å². The van der Waals surface area contributed by atoms with Crippen molar-refractivity contribution < 1.29 is 12.8 Å². The summed E-state index contributed by atoms with van der Waals surface area (Å²) in [5, 5.41) is 3.78. The third-order valence-corrected chi connectivity index (χ3v) is 6.86. The highest BCUT2D eigenvalue weighted by atomic mass is 32.2. The average Bonchev–Trinajstić information content (AvgIpc) is 2.69. The molecule has 1 aliphatic heterocycles. The molecule has 0 bridgehead atoms.